The summed E-state index contributed by atoms with van der Waals surface area (Å²) in [5.74, 6) is 2.09. The van der Waals surface area contributed by atoms with Gasteiger partial charge in [-0.2, -0.15) is 0 Å². The van der Waals surface area contributed by atoms with E-state index in [9.17, 15) is 0 Å². The Balaban J connectivity index is 1.88. The lowest BCUT2D eigenvalue weighted by molar-refractivity contribution is 0.122. The highest BCUT2D eigenvalue weighted by atomic mass is 15.4. The Kier molecular flexibility index (Phi) is 0.976. The minimum absolute atomic E-state index is 0.756. The summed E-state index contributed by atoms with van der Waals surface area (Å²) in [5, 5.41) is 0. The van der Waals surface area contributed by atoms with Crippen LogP contribution in [0.5, 0.6) is 0 Å². The average molecular weight is 151 g/mol. The van der Waals surface area contributed by atoms with E-state index < -0.39 is 0 Å². The number of rotatable bonds is 0. The molecule has 3 rings (SSSR count). The second-order valence-corrected chi connectivity index (χ2v) is 4.93. The highest BCUT2D eigenvalue weighted by Crippen LogP contribution is 2.64. The molecule has 2 saturated carbocycles. The Morgan fingerprint density at radius 3 is 2.73 bits per heavy atom. The van der Waals surface area contributed by atoms with Crippen molar-refractivity contribution in [3.63, 3.8) is 0 Å². The molecule has 1 heteroatoms. The molecule has 1 aliphatic heterocycles. The SMILES string of the molecule is CC1CC2CCC23C(C1)N3C. The minimum atomic E-state index is 0.756. The van der Waals surface area contributed by atoms with Gasteiger partial charge < -0.3 is 0 Å². The van der Waals surface area contributed by atoms with E-state index in [-0.39, 0.29) is 0 Å². The maximum Gasteiger partial charge on any atom is 0.0393 e. The molecule has 0 N–H and O–H groups in total. The third-order valence-corrected chi connectivity index (χ3v) is 4.55. The molecule has 1 saturated heterocycles. The molecule has 3 fully saturated rings. The maximum absolute atomic E-state index is 2.64. The van der Waals surface area contributed by atoms with Crippen molar-refractivity contribution < 1.29 is 0 Å². The molecule has 2 aliphatic carbocycles. The first-order chi connectivity index (χ1) is 5.25. The minimum Gasteiger partial charge on any atom is -0.294 e. The summed E-state index contributed by atoms with van der Waals surface area (Å²) in [6.45, 7) is 2.42. The van der Waals surface area contributed by atoms with E-state index in [0.29, 0.717) is 0 Å². The number of likely N-dealkylation sites (tertiary alicyclic amines) is 1. The Labute approximate surface area is 68.8 Å². The van der Waals surface area contributed by atoms with Crippen LogP contribution in [0, 0.1) is 11.8 Å². The van der Waals surface area contributed by atoms with Crippen LogP contribution in [0.2, 0.25) is 0 Å². The van der Waals surface area contributed by atoms with Gasteiger partial charge in [0.15, 0.2) is 0 Å². The van der Waals surface area contributed by atoms with Crippen LogP contribution in [0.3, 0.4) is 0 Å². The lowest BCUT2D eigenvalue weighted by Crippen LogP contribution is -2.43. The Morgan fingerprint density at radius 2 is 2.18 bits per heavy atom. The zero-order chi connectivity index (χ0) is 7.64. The smallest absolute Gasteiger partial charge is 0.0393 e. The fourth-order valence-electron chi connectivity index (χ4n) is 3.76. The van der Waals surface area contributed by atoms with E-state index in [2.05, 4.69) is 18.9 Å². The molecule has 0 amide bonds. The molecule has 0 bridgehead atoms. The van der Waals surface area contributed by atoms with Gasteiger partial charge in [0.25, 0.3) is 0 Å². The van der Waals surface area contributed by atoms with E-state index >= 15 is 0 Å². The number of hydrogen-bond donors (Lipinski definition) is 0. The fraction of sp³-hybridized carbons (Fsp3) is 1.00. The van der Waals surface area contributed by atoms with E-state index in [1.165, 1.54) is 25.7 Å². The molecule has 5 atom stereocenters. The molecular formula is C10H17N. The molecule has 11 heavy (non-hydrogen) atoms. The summed E-state index contributed by atoms with van der Waals surface area (Å²) in [4.78, 5) is 2.64. The summed E-state index contributed by atoms with van der Waals surface area (Å²) < 4.78 is 0. The number of hydrogen-bond acceptors (Lipinski definition) is 1. The van der Waals surface area contributed by atoms with Gasteiger partial charge in [0.2, 0.25) is 0 Å². The van der Waals surface area contributed by atoms with Crippen LogP contribution in [-0.4, -0.2) is 23.5 Å². The molecule has 0 aromatic carbocycles. The van der Waals surface area contributed by atoms with Crippen molar-refractivity contribution in [1.82, 2.24) is 4.90 Å². The number of nitrogens with zero attached hydrogens (tertiary/aromatic N) is 1. The van der Waals surface area contributed by atoms with Crippen LogP contribution in [0.25, 0.3) is 0 Å². The molecule has 62 valence electrons. The molecule has 0 radical (unpaired) electrons. The fourth-order valence-corrected chi connectivity index (χ4v) is 3.76. The van der Waals surface area contributed by atoms with Gasteiger partial charge in [-0.25, -0.2) is 0 Å². The second kappa shape index (κ2) is 1.66. The van der Waals surface area contributed by atoms with Gasteiger partial charge in [0, 0.05) is 11.6 Å². The Morgan fingerprint density at radius 1 is 1.36 bits per heavy atom. The highest BCUT2D eigenvalue weighted by molar-refractivity contribution is 5.26. The van der Waals surface area contributed by atoms with Crippen molar-refractivity contribution in [3.05, 3.63) is 0 Å². The highest BCUT2D eigenvalue weighted by Gasteiger charge is 2.70. The molecule has 0 aromatic heterocycles. The molecule has 1 nitrogen and oxygen atoms in total. The standard InChI is InChI=1S/C10H17N/c1-7-5-8-3-4-10(8)9(6-7)11(10)2/h7-9H,3-6H2,1-2H3. The van der Waals surface area contributed by atoms with Crippen LogP contribution < -0.4 is 0 Å². The maximum atomic E-state index is 2.64. The van der Waals surface area contributed by atoms with Crippen molar-refractivity contribution in [1.29, 1.82) is 0 Å². The lowest BCUT2D eigenvalue weighted by atomic mass is 9.62. The third-order valence-electron chi connectivity index (χ3n) is 4.55. The van der Waals surface area contributed by atoms with Crippen molar-refractivity contribution in [2.45, 2.75) is 44.2 Å². The van der Waals surface area contributed by atoms with Gasteiger partial charge >= 0.3 is 0 Å². The molecule has 0 aromatic rings. The first-order valence-corrected chi connectivity index (χ1v) is 4.98. The topological polar surface area (TPSA) is 3.01 Å². The third kappa shape index (κ3) is 0.547. The summed E-state index contributed by atoms with van der Waals surface area (Å²) in [5.41, 5.74) is 0.756. The van der Waals surface area contributed by atoms with Crippen molar-refractivity contribution in [2.24, 2.45) is 11.8 Å². The molecule has 1 spiro atoms. The van der Waals surface area contributed by atoms with Crippen LogP contribution in [0.4, 0.5) is 0 Å². The summed E-state index contributed by atoms with van der Waals surface area (Å²) in [7, 11) is 2.33. The van der Waals surface area contributed by atoms with Crippen LogP contribution in [0.15, 0.2) is 0 Å². The van der Waals surface area contributed by atoms with Gasteiger partial charge in [-0.05, 0) is 44.6 Å². The van der Waals surface area contributed by atoms with Crippen molar-refractivity contribution >= 4 is 0 Å². The van der Waals surface area contributed by atoms with E-state index in [1.54, 1.807) is 0 Å². The van der Waals surface area contributed by atoms with Crippen LogP contribution in [0.1, 0.15) is 32.6 Å². The largest absolute Gasteiger partial charge is 0.294 e. The second-order valence-electron chi connectivity index (χ2n) is 4.93. The van der Waals surface area contributed by atoms with Crippen LogP contribution in [-0.2, 0) is 0 Å². The average Bonchev–Trinajstić information content (AvgIpc) is 2.51. The normalized spacial score (nSPS) is 66.0. The molecular weight excluding hydrogens is 134 g/mol. The van der Waals surface area contributed by atoms with E-state index in [1.807, 2.05) is 0 Å². The van der Waals surface area contributed by atoms with Crippen molar-refractivity contribution in [2.75, 3.05) is 7.05 Å². The zero-order valence-corrected chi connectivity index (χ0v) is 7.51. The predicted octanol–water partition coefficient (Wildman–Crippen LogP) is 1.88. The van der Waals surface area contributed by atoms with Gasteiger partial charge in [-0.15, -0.1) is 0 Å². The summed E-state index contributed by atoms with van der Waals surface area (Å²) in [6.07, 6.45) is 6.02. The molecule has 1 heterocycles. The van der Waals surface area contributed by atoms with Gasteiger partial charge in [-0.1, -0.05) is 6.92 Å². The Bertz CT molecular complexity index is 191. The first kappa shape index (κ1) is 6.47. The van der Waals surface area contributed by atoms with E-state index in [4.69, 9.17) is 0 Å². The quantitative estimate of drug-likeness (QED) is 0.478. The first-order valence-electron chi connectivity index (χ1n) is 4.98. The van der Waals surface area contributed by atoms with Gasteiger partial charge in [-0.3, -0.25) is 4.90 Å². The van der Waals surface area contributed by atoms with E-state index in [0.717, 1.165) is 23.4 Å². The molecule has 5 unspecified atom stereocenters. The van der Waals surface area contributed by atoms with Gasteiger partial charge in [0.1, 0.15) is 0 Å². The monoisotopic (exact) mass is 151 g/mol. The Hall–Kier alpha value is -0.0400. The van der Waals surface area contributed by atoms with Gasteiger partial charge in [0.05, 0.1) is 0 Å². The van der Waals surface area contributed by atoms with Crippen LogP contribution >= 0.6 is 0 Å². The lowest BCUT2D eigenvalue weighted by Gasteiger charge is -2.42. The molecule has 3 aliphatic rings. The number of likely N-dealkylation sites (N-methyl/N-ethyl adjacent to an activating group) is 1. The zero-order valence-electron chi connectivity index (χ0n) is 7.51. The summed E-state index contributed by atoms with van der Waals surface area (Å²) >= 11 is 0. The van der Waals surface area contributed by atoms with Crippen molar-refractivity contribution in [3.8, 4) is 0 Å². The predicted molar refractivity (Wildman–Crippen MR) is 45.4 cm³/mol. The summed E-state index contributed by atoms with van der Waals surface area (Å²) in [6, 6.07) is 0.991.